The molecule has 18 heavy (non-hydrogen) atoms. The van der Waals surface area contributed by atoms with Crippen molar-refractivity contribution >= 4 is 15.9 Å². The zero-order valence-electron chi connectivity index (χ0n) is 10.0. The Labute approximate surface area is 113 Å². The van der Waals surface area contributed by atoms with Crippen molar-refractivity contribution in [2.75, 3.05) is 0 Å². The summed E-state index contributed by atoms with van der Waals surface area (Å²) in [6.45, 7) is 1.85. The van der Waals surface area contributed by atoms with Crippen LogP contribution in [0.4, 0.5) is 0 Å². The third-order valence-electron chi connectivity index (χ3n) is 3.51. The van der Waals surface area contributed by atoms with Crippen molar-refractivity contribution in [3.63, 3.8) is 0 Å². The molecule has 0 amide bonds. The average Bonchev–Trinajstić information content (AvgIpc) is 2.79. The fourth-order valence-electron chi connectivity index (χ4n) is 2.60. The summed E-state index contributed by atoms with van der Waals surface area (Å²) in [5.41, 5.74) is 3.31. The molecule has 1 aliphatic carbocycles. The van der Waals surface area contributed by atoms with E-state index in [-0.39, 0.29) is 11.5 Å². The lowest BCUT2D eigenvalue weighted by Gasteiger charge is -2.11. The van der Waals surface area contributed by atoms with Crippen LogP contribution in [0.25, 0.3) is 0 Å². The van der Waals surface area contributed by atoms with Crippen molar-refractivity contribution in [1.29, 1.82) is 0 Å². The first-order valence-electron chi connectivity index (χ1n) is 6.01. The van der Waals surface area contributed by atoms with Crippen LogP contribution < -0.4 is 5.56 Å². The summed E-state index contributed by atoms with van der Waals surface area (Å²) in [7, 11) is 0. The zero-order chi connectivity index (χ0) is 12.7. The van der Waals surface area contributed by atoms with Crippen LogP contribution in [0.15, 0.2) is 33.5 Å². The molecule has 0 spiro atoms. The van der Waals surface area contributed by atoms with Gasteiger partial charge in [0.15, 0.2) is 0 Å². The summed E-state index contributed by atoms with van der Waals surface area (Å²) in [4.78, 5) is 19.2. The molecule has 0 saturated carbocycles. The second-order valence-electron chi connectivity index (χ2n) is 4.64. The first-order chi connectivity index (χ1) is 8.66. The Hall–Kier alpha value is -1.42. The highest BCUT2D eigenvalue weighted by atomic mass is 79.9. The number of halogens is 1. The van der Waals surface area contributed by atoms with Gasteiger partial charge in [-0.15, -0.1) is 0 Å². The number of hydrogen-bond acceptors (Lipinski definition) is 2. The minimum absolute atomic E-state index is 0.0955. The zero-order valence-corrected chi connectivity index (χ0v) is 11.6. The van der Waals surface area contributed by atoms with Gasteiger partial charge in [0.05, 0.1) is 5.69 Å². The topological polar surface area (TPSA) is 45.8 Å². The second-order valence-corrected chi connectivity index (χ2v) is 5.43. The molecule has 1 N–H and O–H groups in total. The molecule has 0 fully saturated rings. The molecule has 1 heterocycles. The molecule has 3 nitrogen and oxygen atoms in total. The Morgan fingerprint density at radius 1 is 1.39 bits per heavy atom. The van der Waals surface area contributed by atoms with Crippen LogP contribution in [0.3, 0.4) is 0 Å². The quantitative estimate of drug-likeness (QED) is 0.880. The smallest absolute Gasteiger partial charge is 0.265 e. The number of nitrogens with zero attached hydrogens (tertiary/aromatic N) is 1. The van der Waals surface area contributed by atoms with Gasteiger partial charge in [-0.1, -0.05) is 24.3 Å². The molecule has 1 unspecified atom stereocenters. The van der Waals surface area contributed by atoms with Crippen LogP contribution in [-0.2, 0) is 6.42 Å². The fraction of sp³-hybridized carbons (Fsp3) is 0.286. The molecule has 3 rings (SSSR count). The van der Waals surface area contributed by atoms with Crippen LogP contribution in [0.5, 0.6) is 0 Å². The standard InChI is InChI=1S/C14H13BrN2O/c1-8-12(15)14(18)17-13(16-8)11-7-6-9-4-2-3-5-10(9)11/h2-5,11H,6-7H2,1H3,(H,16,17,18). The molecular formula is C14H13BrN2O. The largest absolute Gasteiger partial charge is 0.309 e. The molecule has 0 radical (unpaired) electrons. The lowest BCUT2D eigenvalue weighted by molar-refractivity contribution is 0.716. The van der Waals surface area contributed by atoms with Crippen molar-refractivity contribution < 1.29 is 0 Å². The number of fused-ring (bicyclic) bond motifs is 1. The molecule has 0 bridgehead atoms. The molecular weight excluding hydrogens is 292 g/mol. The van der Waals surface area contributed by atoms with Gasteiger partial charge < -0.3 is 4.98 Å². The Bertz CT molecular complexity index is 663. The predicted molar refractivity (Wildman–Crippen MR) is 73.9 cm³/mol. The third kappa shape index (κ3) is 1.81. The van der Waals surface area contributed by atoms with Gasteiger partial charge >= 0.3 is 0 Å². The van der Waals surface area contributed by atoms with E-state index in [1.165, 1.54) is 11.1 Å². The van der Waals surface area contributed by atoms with Gasteiger partial charge in [0.25, 0.3) is 5.56 Å². The number of aromatic amines is 1. The van der Waals surface area contributed by atoms with Crippen LogP contribution in [0.1, 0.15) is 35.0 Å². The maximum Gasteiger partial charge on any atom is 0.265 e. The van der Waals surface area contributed by atoms with Gasteiger partial charge in [-0.05, 0) is 46.8 Å². The fourth-order valence-corrected chi connectivity index (χ4v) is 2.79. The van der Waals surface area contributed by atoms with E-state index in [4.69, 9.17) is 0 Å². The molecule has 2 aromatic rings. The van der Waals surface area contributed by atoms with Crippen LogP contribution in [0.2, 0.25) is 0 Å². The van der Waals surface area contributed by atoms with E-state index in [0.717, 1.165) is 24.4 Å². The first-order valence-corrected chi connectivity index (χ1v) is 6.80. The number of benzene rings is 1. The van der Waals surface area contributed by atoms with E-state index in [0.29, 0.717) is 4.47 Å². The van der Waals surface area contributed by atoms with Crippen LogP contribution in [-0.4, -0.2) is 9.97 Å². The highest BCUT2D eigenvalue weighted by Gasteiger charge is 2.25. The lowest BCUT2D eigenvalue weighted by atomic mass is 10.0. The number of nitrogens with one attached hydrogen (secondary N) is 1. The lowest BCUT2D eigenvalue weighted by Crippen LogP contribution is -2.16. The molecule has 0 aliphatic heterocycles. The maximum atomic E-state index is 11.8. The molecule has 1 aliphatic rings. The molecule has 4 heteroatoms. The summed E-state index contributed by atoms with van der Waals surface area (Å²) < 4.78 is 0.525. The Morgan fingerprint density at radius 3 is 2.94 bits per heavy atom. The monoisotopic (exact) mass is 304 g/mol. The van der Waals surface area contributed by atoms with E-state index >= 15 is 0 Å². The molecule has 1 atom stereocenters. The van der Waals surface area contributed by atoms with Crippen molar-refractivity contribution in [3.8, 4) is 0 Å². The molecule has 92 valence electrons. The number of H-pyrrole nitrogens is 1. The van der Waals surface area contributed by atoms with E-state index in [2.05, 4.69) is 44.1 Å². The summed E-state index contributed by atoms with van der Waals surface area (Å²) in [6.07, 6.45) is 2.07. The maximum absolute atomic E-state index is 11.8. The average molecular weight is 305 g/mol. The number of rotatable bonds is 1. The predicted octanol–water partition coefficient (Wildman–Crippen LogP) is 2.92. The van der Waals surface area contributed by atoms with Crippen molar-refractivity contribution in [1.82, 2.24) is 9.97 Å². The van der Waals surface area contributed by atoms with Crippen molar-refractivity contribution in [3.05, 3.63) is 61.7 Å². The summed E-state index contributed by atoms with van der Waals surface area (Å²) >= 11 is 3.25. The van der Waals surface area contributed by atoms with Crippen molar-refractivity contribution in [2.45, 2.75) is 25.7 Å². The molecule has 1 aromatic heterocycles. The molecule has 1 aromatic carbocycles. The van der Waals surface area contributed by atoms with Gasteiger partial charge in [-0.3, -0.25) is 4.79 Å². The minimum Gasteiger partial charge on any atom is -0.309 e. The van der Waals surface area contributed by atoms with Crippen molar-refractivity contribution in [2.24, 2.45) is 0 Å². The Morgan fingerprint density at radius 2 is 2.17 bits per heavy atom. The summed E-state index contributed by atoms with van der Waals surface area (Å²) in [5, 5.41) is 0. The molecule has 0 saturated heterocycles. The minimum atomic E-state index is -0.0955. The SMILES string of the molecule is Cc1nc(C2CCc3ccccc32)[nH]c(=O)c1Br. The third-order valence-corrected chi connectivity index (χ3v) is 4.44. The van der Waals surface area contributed by atoms with Gasteiger partial charge in [0.2, 0.25) is 0 Å². The van der Waals surface area contributed by atoms with Gasteiger partial charge in [-0.25, -0.2) is 4.98 Å². The normalized spacial score (nSPS) is 17.8. The highest BCUT2D eigenvalue weighted by molar-refractivity contribution is 9.10. The van der Waals surface area contributed by atoms with E-state index in [9.17, 15) is 4.79 Å². The van der Waals surface area contributed by atoms with E-state index in [1.54, 1.807) is 0 Å². The number of aryl methyl sites for hydroxylation is 2. The van der Waals surface area contributed by atoms with Gasteiger partial charge in [0.1, 0.15) is 10.3 Å². The number of aromatic nitrogens is 2. The Kier molecular flexibility index (Phi) is 2.82. The van der Waals surface area contributed by atoms with Gasteiger partial charge in [0, 0.05) is 5.92 Å². The van der Waals surface area contributed by atoms with Crippen LogP contribution >= 0.6 is 15.9 Å². The van der Waals surface area contributed by atoms with E-state index < -0.39 is 0 Å². The van der Waals surface area contributed by atoms with E-state index in [1.807, 2.05) is 13.0 Å². The number of hydrogen-bond donors (Lipinski definition) is 1. The van der Waals surface area contributed by atoms with Crippen LogP contribution in [0, 0.1) is 6.92 Å². The highest BCUT2D eigenvalue weighted by Crippen LogP contribution is 2.36. The summed E-state index contributed by atoms with van der Waals surface area (Å²) in [5.74, 6) is 1.01. The summed E-state index contributed by atoms with van der Waals surface area (Å²) in [6, 6.07) is 8.38. The second kappa shape index (κ2) is 4.35. The Balaban J connectivity index is 2.11. The first kappa shape index (κ1) is 11.7. The van der Waals surface area contributed by atoms with Gasteiger partial charge in [-0.2, -0.15) is 0 Å².